The van der Waals surface area contributed by atoms with Crippen LogP contribution in [-0.4, -0.2) is 56.6 Å². The molecule has 1 aliphatic heterocycles. The van der Waals surface area contributed by atoms with Crippen LogP contribution in [0.5, 0.6) is 0 Å². The van der Waals surface area contributed by atoms with Crippen LogP contribution in [0.2, 0.25) is 0 Å². The average molecular weight is 331 g/mol. The molecule has 1 saturated heterocycles. The van der Waals surface area contributed by atoms with Crippen molar-refractivity contribution < 1.29 is 9.32 Å². The van der Waals surface area contributed by atoms with Crippen LogP contribution in [0.3, 0.4) is 0 Å². The number of amides is 1. The molecule has 0 unspecified atom stereocenters. The van der Waals surface area contributed by atoms with Crippen LogP contribution in [0.4, 0.5) is 0 Å². The Hall–Kier alpha value is -2.15. The van der Waals surface area contributed by atoms with Gasteiger partial charge in [-0.15, -0.1) is 0 Å². The van der Waals surface area contributed by atoms with Gasteiger partial charge in [-0.2, -0.15) is 0 Å². The summed E-state index contributed by atoms with van der Waals surface area (Å²) < 4.78 is 7.30. The molecule has 0 aliphatic carbocycles. The zero-order chi connectivity index (χ0) is 17.3. The van der Waals surface area contributed by atoms with Crippen LogP contribution in [0.1, 0.15) is 54.8 Å². The molecule has 130 valence electrons. The Morgan fingerprint density at radius 2 is 2.21 bits per heavy atom. The summed E-state index contributed by atoms with van der Waals surface area (Å²) in [5.41, 5.74) is 0.391. The molecule has 2 aromatic rings. The van der Waals surface area contributed by atoms with Gasteiger partial charge in [0.2, 0.25) is 0 Å². The Morgan fingerprint density at radius 1 is 1.42 bits per heavy atom. The van der Waals surface area contributed by atoms with Crippen LogP contribution in [0, 0.1) is 0 Å². The van der Waals surface area contributed by atoms with Crippen molar-refractivity contribution in [2.45, 2.75) is 32.7 Å². The zero-order valence-corrected chi connectivity index (χ0v) is 14.8. The lowest BCUT2D eigenvalue weighted by molar-refractivity contribution is 0.0464. The van der Waals surface area contributed by atoms with Crippen LogP contribution in [0.25, 0.3) is 0 Å². The third-order valence-electron chi connectivity index (χ3n) is 4.66. The number of hydrogen-bond acceptors (Lipinski definition) is 5. The molecular weight excluding hydrogens is 306 g/mol. The minimum atomic E-state index is -0.0689. The van der Waals surface area contributed by atoms with Crippen molar-refractivity contribution in [3.05, 3.63) is 35.7 Å². The second kappa shape index (κ2) is 6.76. The highest BCUT2D eigenvalue weighted by Crippen LogP contribution is 2.25. The van der Waals surface area contributed by atoms with Gasteiger partial charge in [0, 0.05) is 51.1 Å². The highest BCUT2D eigenvalue weighted by Gasteiger charge is 2.33. The van der Waals surface area contributed by atoms with Crippen molar-refractivity contribution in [2.24, 2.45) is 7.05 Å². The fourth-order valence-electron chi connectivity index (χ4n) is 3.15. The first-order valence-corrected chi connectivity index (χ1v) is 8.48. The van der Waals surface area contributed by atoms with Gasteiger partial charge in [0.1, 0.15) is 11.6 Å². The van der Waals surface area contributed by atoms with E-state index in [2.05, 4.69) is 22.0 Å². The maximum absolute atomic E-state index is 12.8. The quantitative estimate of drug-likeness (QED) is 0.858. The third kappa shape index (κ3) is 3.08. The molecule has 0 N–H and O–H groups in total. The van der Waals surface area contributed by atoms with E-state index < -0.39 is 0 Å². The van der Waals surface area contributed by atoms with Gasteiger partial charge in [0.05, 0.1) is 6.04 Å². The molecule has 1 aliphatic rings. The number of nitrogens with zero attached hydrogens (tertiary/aromatic N) is 5. The van der Waals surface area contributed by atoms with E-state index in [0.29, 0.717) is 18.8 Å². The van der Waals surface area contributed by atoms with Gasteiger partial charge >= 0.3 is 0 Å². The Labute approximate surface area is 142 Å². The van der Waals surface area contributed by atoms with Gasteiger partial charge in [-0.1, -0.05) is 25.9 Å². The SMILES string of the molecule is CCN1CCN(C(=O)c2cc(C(C)C)on2)C[C@@H]1c1nccn1C. The van der Waals surface area contributed by atoms with E-state index in [9.17, 15) is 4.79 Å². The first-order chi connectivity index (χ1) is 11.5. The highest BCUT2D eigenvalue weighted by atomic mass is 16.5. The largest absolute Gasteiger partial charge is 0.360 e. The first-order valence-electron chi connectivity index (χ1n) is 8.48. The fourth-order valence-corrected chi connectivity index (χ4v) is 3.15. The topological polar surface area (TPSA) is 67.4 Å². The van der Waals surface area contributed by atoms with Crippen LogP contribution < -0.4 is 0 Å². The van der Waals surface area contributed by atoms with E-state index >= 15 is 0 Å². The predicted molar refractivity (Wildman–Crippen MR) is 89.7 cm³/mol. The molecule has 1 amide bonds. The van der Waals surface area contributed by atoms with Crippen molar-refractivity contribution >= 4 is 5.91 Å². The maximum atomic E-state index is 12.8. The smallest absolute Gasteiger partial charge is 0.276 e. The van der Waals surface area contributed by atoms with Gasteiger partial charge in [0.25, 0.3) is 5.91 Å². The molecule has 0 spiro atoms. The molecule has 0 aromatic carbocycles. The molecule has 0 radical (unpaired) electrons. The second-order valence-electron chi connectivity index (χ2n) is 6.56. The standard InChI is InChI=1S/C17H25N5O2/c1-5-21-8-9-22(11-14(21)16-18-6-7-20(16)4)17(23)13-10-15(12(2)3)24-19-13/h6-7,10,12,14H,5,8-9,11H2,1-4H3/t14-/m1/s1. The summed E-state index contributed by atoms with van der Waals surface area (Å²) in [5.74, 6) is 1.88. The number of aryl methyl sites for hydroxylation is 1. The molecular formula is C17H25N5O2. The molecule has 3 heterocycles. The lowest BCUT2D eigenvalue weighted by atomic mass is 10.1. The van der Waals surface area contributed by atoms with Crippen LogP contribution in [0.15, 0.2) is 23.0 Å². The molecule has 0 bridgehead atoms. The molecule has 2 aromatic heterocycles. The molecule has 7 heteroatoms. The maximum Gasteiger partial charge on any atom is 0.276 e. The van der Waals surface area contributed by atoms with Gasteiger partial charge in [-0.05, 0) is 6.54 Å². The number of imidazole rings is 1. The molecule has 1 atom stereocenters. The monoisotopic (exact) mass is 331 g/mol. The number of rotatable bonds is 4. The Balaban J connectivity index is 1.79. The van der Waals surface area contributed by atoms with E-state index in [1.807, 2.05) is 36.6 Å². The molecule has 24 heavy (non-hydrogen) atoms. The van der Waals surface area contributed by atoms with E-state index in [4.69, 9.17) is 4.52 Å². The van der Waals surface area contributed by atoms with Crippen molar-refractivity contribution in [1.82, 2.24) is 24.5 Å². The van der Waals surface area contributed by atoms with E-state index in [1.54, 1.807) is 12.3 Å². The van der Waals surface area contributed by atoms with Gasteiger partial charge in [-0.25, -0.2) is 4.98 Å². The predicted octanol–water partition coefficient (Wildman–Crippen LogP) is 2.05. The summed E-state index contributed by atoms with van der Waals surface area (Å²) in [6.07, 6.45) is 3.74. The van der Waals surface area contributed by atoms with Crippen molar-refractivity contribution in [3.63, 3.8) is 0 Å². The van der Waals surface area contributed by atoms with E-state index in [1.165, 1.54) is 0 Å². The normalized spacial score (nSPS) is 19.2. The average Bonchev–Trinajstić information content (AvgIpc) is 3.22. The van der Waals surface area contributed by atoms with Crippen molar-refractivity contribution in [3.8, 4) is 0 Å². The van der Waals surface area contributed by atoms with Crippen molar-refractivity contribution in [1.29, 1.82) is 0 Å². The number of piperazine rings is 1. The summed E-state index contributed by atoms with van der Waals surface area (Å²) in [4.78, 5) is 21.5. The van der Waals surface area contributed by atoms with Crippen LogP contribution in [-0.2, 0) is 7.05 Å². The van der Waals surface area contributed by atoms with E-state index in [0.717, 1.165) is 24.7 Å². The molecule has 1 fully saturated rings. The highest BCUT2D eigenvalue weighted by molar-refractivity contribution is 5.92. The van der Waals surface area contributed by atoms with Gasteiger partial charge < -0.3 is 14.0 Å². The van der Waals surface area contributed by atoms with Gasteiger partial charge in [0.15, 0.2) is 5.69 Å². The Bertz CT molecular complexity index is 705. The summed E-state index contributed by atoms with van der Waals surface area (Å²) in [6, 6.07) is 1.86. The number of likely N-dealkylation sites (N-methyl/N-ethyl adjacent to an activating group) is 1. The molecule has 3 rings (SSSR count). The van der Waals surface area contributed by atoms with Crippen molar-refractivity contribution in [2.75, 3.05) is 26.2 Å². The summed E-state index contributed by atoms with van der Waals surface area (Å²) in [5, 5.41) is 3.96. The summed E-state index contributed by atoms with van der Waals surface area (Å²) in [7, 11) is 1.99. The zero-order valence-electron chi connectivity index (χ0n) is 14.8. The minimum absolute atomic E-state index is 0.0689. The number of carbonyl (C=O) groups excluding carboxylic acids is 1. The number of hydrogen-bond donors (Lipinski definition) is 0. The fraction of sp³-hybridized carbons (Fsp3) is 0.588. The van der Waals surface area contributed by atoms with Crippen LogP contribution >= 0.6 is 0 Å². The Morgan fingerprint density at radius 3 is 2.79 bits per heavy atom. The van der Waals surface area contributed by atoms with Gasteiger partial charge in [-0.3, -0.25) is 9.69 Å². The number of carbonyl (C=O) groups is 1. The number of aromatic nitrogens is 3. The second-order valence-corrected chi connectivity index (χ2v) is 6.56. The summed E-state index contributed by atoms with van der Waals surface area (Å²) >= 11 is 0. The minimum Gasteiger partial charge on any atom is -0.360 e. The first kappa shape index (κ1) is 16.7. The lowest BCUT2D eigenvalue weighted by Gasteiger charge is -2.40. The lowest BCUT2D eigenvalue weighted by Crippen LogP contribution is -2.51. The Kier molecular flexibility index (Phi) is 4.71. The summed E-state index contributed by atoms with van der Waals surface area (Å²) in [6.45, 7) is 9.24. The third-order valence-corrected chi connectivity index (χ3v) is 4.66. The molecule has 7 nitrogen and oxygen atoms in total. The van der Waals surface area contributed by atoms with E-state index in [-0.39, 0.29) is 17.9 Å². The molecule has 0 saturated carbocycles.